The Kier molecular flexibility index (Phi) is 5.62. The summed E-state index contributed by atoms with van der Waals surface area (Å²) in [6.07, 6.45) is 0. The fraction of sp³-hybridized carbons (Fsp3) is 0.0952. The van der Waals surface area contributed by atoms with Gasteiger partial charge < -0.3 is 14.5 Å². The van der Waals surface area contributed by atoms with Gasteiger partial charge in [-0.3, -0.25) is 15.0 Å². The number of pyridine rings is 1. The second-order valence-electron chi connectivity index (χ2n) is 6.00. The number of hydrazine groups is 1. The van der Waals surface area contributed by atoms with Gasteiger partial charge in [0.05, 0.1) is 25.5 Å². The molecule has 8 nitrogen and oxygen atoms in total. The van der Waals surface area contributed by atoms with Crippen molar-refractivity contribution in [1.82, 2.24) is 10.4 Å². The third-order valence-electron chi connectivity index (χ3n) is 4.44. The lowest BCUT2D eigenvalue weighted by Crippen LogP contribution is -2.33. The highest BCUT2D eigenvalue weighted by atomic mass is 16.5. The minimum atomic E-state index is -0.742. The van der Waals surface area contributed by atoms with Crippen LogP contribution >= 0.6 is 0 Å². The predicted molar refractivity (Wildman–Crippen MR) is 107 cm³/mol. The Bertz CT molecular complexity index is 1140. The molecule has 0 fully saturated rings. The third kappa shape index (κ3) is 3.67. The maximum atomic E-state index is 12.6. The highest BCUT2D eigenvalue weighted by Gasteiger charge is 2.24. The molecule has 0 bridgehead atoms. The molecular weight excluding hydrogens is 372 g/mol. The molecule has 29 heavy (non-hydrogen) atoms. The molecule has 2 aromatic carbocycles. The number of benzene rings is 2. The minimum absolute atomic E-state index is 0.102. The van der Waals surface area contributed by atoms with Gasteiger partial charge in [-0.2, -0.15) is 5.26 Å². The topological polar surface area (TPSA) is 130 Å². The average Bonchev–Trinajstić information content (AvgIpc) is 2.78. The summed E-state index contributed by atoms with van der Waals surface area (Å²) < 4.78 is 10.4. The Hall–Kier alpha value is -4.09. The molecule has 0 aliphatic rings. The Balaban J connectivity index is 2.40. The number of H-pyrrole nitrogens is 1. The Morgan fingerprint density at radius 3 is 1.97 bits per heavy atom. The van der Waals surface area contributed by atoms with Crippen molar-refractivity contribution >= 4 is 5.91 Å². The number of carbonyl (C=O) groups is 1. The lowest BCUT2D eigenvalue weighted by molar-refractivity contribution is 0.0954. The molecule has 0 radical (unpaired) electrons. The van der Waals surface area contributed by atoms with Crippen molar-refractivity contribution < 1.29 is 14.3 Å². The van der Waals surface area contributed by atoms with Crippen LogP contribution in [0.25, 0.3) is 22.4 Å². The second kappa shape index (κ2) is 8.29. The number of ether oxygens (including phenoxy) is 2. The third-order valence-corrected chi connectivity index (χ3v) is 4.44. The Labute approximate surface area is 166 Å². The number of carbonyl (C=O) groups excluding carboxylic acids is 1. The zero-order valence-corrected chi connectivity index (χ0v) is 15.8. The second-order valence-corrected chi connectivity index (χ2v) is 6.00. The number of hydrogen-bond donors (Lipinski definition) is 3. The van der Waals surface area contributed by atoms with E-state index < -0.39 is 11.5 Å². The smallest absolute Gasteiger partial charge is 0.267 e. The first-order chi connectivity index (χ1) is 14.0. The summed E-state index contributed by atoms with van der Waals surface area (Å²) in [4.78, 5) is 27.8. The molecule has 1 aromatic heterocycles. The number of aromatic nitrogens is 1. The zero-order valence-electron chi connectivity index (χ0n) is 15.8. The van der Waals surface area contributed by atoms with Gasteiger partial charge in [0.15, 0.2) is 0 Å². The molecule has 0 atom stereocenters. The molecule has 0 spiro atoms. The van der Waals surface area contributed by atoms with Crippen LogP contribution in [0.15, 0.2) is 53.3 Å². The van der Waals surface area contributed by atoms with E-state index in [2.05, 4.69) is 4.98 Å². The fourth-order valence-corrected chi connectivity index (χ4v) is 3.03. The number of nitrogens with one attached hydrogen (secondary N) is 2. The number of nitriles is 1. The lowest BCUT2D eigenvalue weighted by atomic mass is 9.91. The molecular formula is C21H18N4O4. The largest absolute Gasteiger partial charge is 0.497 e. The molecule has 3 rings (SSSR count). The number of amides is 1. The van der Waals surface area contributed by atoms with Crippen molar-refractivity contribution in [3.05, 3.63) is 70.0 Å². The van der Waals surface area contributed by atoms with Crippen molar-refractivity contribution in [3.63, 3.8) is 0 Å². The number of hydrogen-bond acceptors (Lipinski definition) is 6. The van der Waals surface area contributed by atoms with Crippen LogP contribution in [0.2, 0.25) is 0 Å². The van der Waals surface area contributed by atoms with Gasteiger partial charge in [-0.15, -0.1) is 0 Å². The van der Waals surface area contributed by atoms with E-state index in [9.17, 15) is 14.9 Å². The number of nitrogens with zero attached hydrogens (tertiary/aromatic N) is 1. The van der Waals surface area contributed by atoms with Gasteiger partial charge in [0.25, 0.3) is 11.5 Å². The summed E-state index contributed by atoms with van der Waals surface area (Å²) in [6.45, 7) is 0. The molecule has 0 aliphatic carbocycles. The standard InChI is InChI=1S/C21H18N4O4/c1-28-14-7-3-12(4-8-14)17-18(21(27)25-23)16(11-22)20(26)24-19(17)13-5-9-15(29-2)10-6-13/h3-10H,23H2,1-2H3,(H,24,26)(H,25,27). The summed E-state index contributed by atoms with van der Waals surface area (Å²) in [5, 5.41) is 9.50. The van der Waals surface area contributed by atoms with Gasteiger partial charge >= 0.3 is 0 Å². The molecule has 1 heterocycles. The first kappa shape index (κ1) is 19.7. The van der Waals surface area contributed by atoms with Crippen molar-refractivity contribution in [1.29, 1.82) is 5.26 Å². The first-order valence-electron chi connectivity index (χ1n) is 8.54. The average molecular weight is 390 g/mol. The van der Waals surface area contributed by atoms with Crippen LogP contribution < -0.4 is 26.3 Å². The van der Waals surface area contributed by atoms with Crippen LogP contribution in [-0.4, -0.2) is 25.1 Å². The van der Waals surface area contributed by atoms with Gasteiger partial charge in [0.2, 0.25) is 0 Å². The van der Waals surface area contributed by atoms with Crippen molar-refractivity contribution in [2.24, 2.45) is 5.84 Å². The molecule has 0 unspecified atom stereocenters. The van der Waals surface area contributed by atoms with Crippen LogP contribution in [0.4, 0.5) is 0 Å². The zero-order chi connectivity index (χ0) is 21.0. The number of rotatable bonds is 5. The Morgan fingerprint density at radius 2 is 1.52 bits per heavy atom. The number of aromatic amines is 1. The molecule has 0 aliphatic heterocycles. The molecule has 0 saturated heterocycles. The molecule has 8 heteroatoms. The molecule has 4 N–H and O–H groups in total. The van der Waals surface area contributed by atoms with Crippen LogP contribution in [0.3, 0.4) is 0 Å². The Morgan fingerprint density at radius 1 is 1.00 bits per heavy atom. The number of nitrogen functional groups attached to an aromatic ring is 1. The molecule has 3 aromatic rings. The van der Waals surface area contributed by atoms with E-state index >= 15 is 0 Å². The molecule has 0 saturated carbocycles. The monoisotopic (exact) mass is 390 g/mol. The van der Waals surface area contributed by atoms with E-state index in [4.69, 9.17) is 15.3 Å². The summed E-state index contributed by atoms with van der Waals surface area (Å²) in [5.41, 5.74) is 2.89. The summed E-state index contributed by atoms with van der Waals surface area (Å²) in [6, 6.07) is 15.6. The first-order valence-corrected chi connectivity index (χ1v) is 8.54. The highest BCUT2D eigenvalue weighted by Crippen LogP contribution is 2.35. The van der Waals surface area contributed by atoms with E-state index in [-0.39, 0.29) is 11.1 Å². The van der Waals surface area contributed by atoms with E-state index in [1.165, 1.54) is 0 Å². The minimum Gasteiger partial charge on any atom is -0.497 e. The molecule has 146 valence electrons. The SMILES string of the molecule is COc1ccc(-c2[nH]c(=O)c(C#N)c(C(=O)NN)c2-c2ccc(OC)cc2)cc1. The maximum Gasteiger partial charge on any atom is 0.267 e. The van der Waals surface area contributed by atoms with Crippen molar-refractivity contribution in [3.8, 4) is 40.0 Å². The normalized spacial score (nSPS) is 10.1. The summed E-state index contributed by atoms with van der Waals surface area (Å²) >= 11 is 0. The van der Waals surface area contributed by atoms with Gasteiger partial charge in [-0.25, -0.2) is 5.84 Å². The van der Waals surface area contributed by atoms with Gasteiger partial charge in [0.1, 0.15) is 23.1 Å². The molecule has 1 amide bonds. The van der Waals surface area contributed by atoms with Gasteiger partial charge in [0, 0.05) is 5.56 Å². The van der Waals surface area contributed by atoms with Gasteiger partial charge in [-0.05, 0) is 47.5 Å². The van der Waals surface area contributed by atoms with E-state index in [1.54, 1.807) is 68.8 Å². The predicted octanol–water partition coefficient (Wildman–Crippen LogP) is 2.20. The van der Waals surface area contributed by atoms with Crippen molar-refractivity contribution in [2.45, 2.75) is 0 Å². The highest BCUT2D eigenvalue weighted by molar-refractivity contribution is 6.05. The fourth-order valence-electron chi connectivity index (χ4n) is 3.03. The van der Waals surface area contributed by atoms with E-state index in [0.29, 0.717) is 33.9 Å². The van der Waals surface area contributed by atoms with E-state index in [1.807, 2.05) is 5.43 Å². The van der Waals surface area contributed by atoms with Crippen molar-refractivity contribution in [2.75, 3.05) is 14.2 Å². The summed E-state index contributed by atoms with van der Waals surface area (Å²) in [5.74, 6) is 5.85. The number of methoxy groups -OCH3 is 2. The quantitative estimate of drug-likeness (QED) is 0.348. The van der Waals surface area contributed by atoms with Crippen LogP contribution in [0.5, 0.6) is 11.5 Å². The van der Waals surface area contributed by atoms with Crippen LogP contribution in [0.1, 0.15) is 15.9 Å². The summed E-state index contributed by atoms with van der Waals surface area (Å²) in [7, 11) is 3.09. The maximum absolute atomic E-state index is 12.6. The number of nitrogens with two attached hydrogens (primary N) is 1. The van der Waals surface area contributed by atoms with Gasteiger partial charge in [-0.1, -0.05) is 12.1 Å². The van der Waals surface area contributed by atoms with E-state index in [0.717, 1.165) is 0 Å². The van der Waals surface area contributed by atoms with Crippen LogP contribution in [0, 0.1) is 11.3 Å². The lowest BCUT2D eigenvalue weighted by Gasteiger charge is -2.16. The van der Waals surface area contributed by atoms with Crippen LogP contribution in [-0.2, 0) is 0 Å².